The van der Waals surface area contributed by atoms with Crippen molar-refractivity contribution in [3.05, 3.63) is 95.1 Å². The van der Waals surface area contributed by atoms with Gasteiger partial charge in [-0.2, -0.15) is 0 Å². The number of benzene rings is 4. The maximum Gasteiger partial charge on any atom is 0.498 e. The monoisotopic (exact) mass is 939 g/mol. The Bertz CT molecular complexity index is 2030. The van der Waals surface area contributed by atoms with Crippen molar-refractivity contribution in [2.24, 2.45) is 17.2 Å². The van der Waals surface area contributed by atoms with E-state index in [9.17, 15) is 5.11 Å². The van der Waals surface area contributed by atoms with E-state index in [2.05, 4.69) is 13.0 Å². The summed E-state index contributed by atoms with van der Waals surface area (Å²) in [6.07, 6.45) is -0.916. The Balaban J connectivity index is 0.000000113. The van der Waals surface area contributed by atoms with Crippen LogP contribution in [0.15, 0.2) is 72.8 Å². The van der Waals surface area contributed by atoms with E-state index < -0.39 is 28.5 Å². The highest BCUT2D eigenvalue weighted by Gasteiger charge is 2.46. The summed E-state index contributed by atoms with van der Waals surface area (Å²) >= 11 is 0. The number of hydrogen-bond acceptors (Lipinski definition) is 19. The molecule has 19 nitrogen and oxygen atoms in total. The summed E-state index contributed by atoms with van der Waals surface area (Å²) < 4.78 is 68.4. The Morgan fingerprint density at radius 3 is 0.882 bits per heavy atom. The average molecular weight is 939 g/mol. The van der Waals surface area contributed by atoms with Gasteiger partial charge in [0.15, 0.2) is 0 Å². The summed E-state index contributed by atoms with van der Waals surface area (Å²) in [4.78, 5) is 0. The first-order valence-corrected chi connectivity index (χ1v) is 23.1. The van der Waals surface area contributed by atoms with Gasteiger partial charge in [-0.15, -0.1) is 0 Å². The fourth-order valence-corrected chi connectivity index (χ4v) is 9.28. The van der Waals surface area contributed by atoms with Gasteiger partial charge in [-0.1, -0.05) is 55.5 Å². The molecular weight excluding hydrogens is 882 g/mol. The van der Waals surface area contributed by atoms with Crippen LogP contribution in [0.1, 0.15) is 60.0 Å². The van der Waals surface area contributed by atoms with Crippen LogP contribution in [0.5, 0.6) is 23.0 Å². The van der Waals surface area contributed by atoms with Crippen molar-refractivity contribution in [2.45, 2.75) is 62.2 Å². The summed E-state index contributed by atoms with van der Waals surface area (Å²) in [6.45, 7) is 4.34. The molecular formula is C45H57B4N3O16. The predicted octanol–water partition coefficient (Wildman–Crippen LogP) is -1.82. The van der Waals surface area contributed by atoms with E-state index in [0.29, 0.717) is 46.1 Å². The van der Waals surface area contributed by atoms with Crippen LogP contribution in [0.2, 0.25) is 0 Å². The Kier molecular flexibility index (Phi) is 15.9. The van der Waals surface area contributed by atoms with Gasteiger partial charge in [0.2, 0.25) is 0 Å². The molecule has 0 saturated carbocycles. The van der Waals surface area contributed by atoms with Crippen LogP contribution < -0.4 is 58.0 Å². The molecule has 8 atom stereocenters. The first-order valence-electron chi connectivity index (χ1n) is 23.1. The molecule has 0 spiro atoms. The second-order valence-electron chi connectivity index (χ2n) is 17.0. The highest BCUT2D eigenvalue weighted by molar-refractivity contribution is 6.65. The molecule has 12 rings (SSSR count). The van der Waals surface area contributed by atoms with Gasteiger partial charge in [-0.3, -0.25) is 0 Å². The van der Waals surface area contributed by atoms with Crippen molar-refractivity contribution in [3.63, 3.8) is 0 Å². The maximum atomic E-state index is 9.19. The third kappa shape index (κ3) is 9.89. The van der Waals surface area contributed by atoms with Gasteiger partial charge in [0.05, 0.1) is 50.8 Å². The molecule has 8 aliphatic rings. The molecule has 0 aromatic heterocycles. The van der Waals surface area contributed by atoms with Gasteiger partial charge in [0, 0.05) is 41.5 Å². The van der Waals surface area contributed by atoms with Crippen molar-refractivity contribution in [2.75, 3.05) is 72.5 Å². The third-order valence-electron chi connectivity index (χ3n) is 12.7. The molecule has 0 fully saturated rings. The number of aliphatic hydroxyl groups is 4. The second kappa shape index (κ2) is 22.2. The van der Waals surface area contributed by atoms with Crippen molar-refractivity contribution >= 4 is 50.3 Å². The number of hydrogen-bond donors (Lipinski definition) is 7. The predicted molar refractivity (Wildman–Crippen MR) is 250 cm³/mol. The van der Waals surface area contributed by atoms with E-state index in [1.54, 1.807) is 0 Å². The normalized spacial score (nSPS) is 26.4. The lowest BCUT2D eigenvalue weighted by atomic mass is 9.77. The molecule has 8 aliphatic heterocycles. The van der Waals surface area contributed by atoms with Gasteiger partial charge in [0.25, 0.3) is 0 Å². The Labute approximate surface area is 395 Å². The molecule has 10 N–H and O–H groups in total. The molecule has 23 heteroatoms. The van der Waals surface area contributed by atoms with Crippen molar-refractivity contribution in [1.29, 1.82) is 0 Å². The molecule has 4 aromatic carbocycles. The van der Waals surface area contributed by atoms with Crippen LogP contribution in [0, 0.1) is 0 Å². The Hall–Kier alpha value is -4.26. The standard InChI is InChI=1S/C12H15BO4.3C11H14BNO4/c1-2-10-9-4-3-5-11-12(9)13(17-10)16-8(6-14)7-15-11;3*13-4-10-8-2-1-3-9-11(8)12(17-10)16-7(5-14)6-15-9/h3-5,8,10,14H,2,6-7H2,1H3;3*1-3,7,10,14H,4-6,13H2/t;2*7-,10?;7-,10-/m.101/s1. The van der Waals surface area contributed by atoms with Gasteiger partial charge < -0.3 is 93.8 Å². The molecule has 360 valence electrons. The maximum absolute atomic E-state index is 9.19. The molecule has 4 unspecified atom stereocenters. The number of ether oxygens (including phenoxy) is 4. The van der Waals surface area contributed by atoms with Crippen LogP contribution in [0.3, 0.4) is 0 Å². The van der Waals surface area contributed by atoms with E-state index in [0.717, 1.165) is 73.5 Å². The zero-order valence-electron chi connectivity index (χ0n) is 37.8. The molecule has 4 aromatic rings. The average Bonchev–Trinajstić information content (AvgIpc) is 3.99. The van der Waals surface area contributed by atoms with Crippen molar-refractivity contribution < 1.29 is 76.6 Å². The van der Waals surface area contributed by atoms with E-state index in [4.69, 9.17) is 88.7 Å². The van der Waals surface area contributed by atoms with Crippen LogP contribution in [0.25, 0.3) is 0 Å². The molecule has 8 heterocycles. The van der Waals surface area contributed by atoms with E-state index >= 15 is 0 Å². The summed E-state index contributed by atoms with van der Waals surface area (Å²) in [6, 6.07) is 23.3. The zero-order chi connectivity index (χ0) is 47.3. The lowest BCUT2D eigenvalue weighted by molar-refractivity contribution is 0.0483. The minimum atomic E-state index is -0.477. The quantitative estimate of drug-likeness (QED) is 0.0959. The third-order valence-corrected chi connectivity index (χ3v) is 12.7. The first-order chi connectivity index (χ1) is 33.3. The minimum Gasteiger partial charge on any atom is -0.491 e. The smallest absolute Gasteiger partial charge is 0.491 e. The van der Waals surface area contributed by atoms with Crippen LogP contribution in [0.4, 0.5) is 0 Å². The summed E-state index contributed by atoms with van der Waals surface area (Å²) in [5.74, 6) is 3.11. The SMILES string of the molecule is CCC1OB2OC(CO)COc3cccc1c32.NCC1OB2O[C@@H](CO)COc3cccc1c32.NCC1OB2O[C@H](CO)COc3cccc1c32.NC[C@H]1OB2O[C@H](CO)COc3cccc1c32. The first kappa shape index (κ1) is 48.8. The second-order valence-corrected chi connectivity index (χ2v) is 17.0. The fourth-order valence-electron chi connectivity index (χ4n) is 9.28. The highest BCUT2D eigenvalue weighted by Crippen LogP contribution is 2.35. The molecule has 0 aliphatic carbocycles. The number of rotatable bonds is 8. The van der Waals surface area contributed by atoms with E-state index in [-0.39, 0.29) is 75.3 Å². The summed E-state index contributed by atoms with van der Waals surface area (Å²) in [5.41, 5.74) is 25.0. The molecule has 0 saturated heterocycles. The van der Waals surface area contributed by atoms with Crippen LogP contribution >= 0.6 is 0 Å². The van der Waals surface area contributed by atoms with E-state index in [1.807, 2.05) is 66.7 Å². The van der Waals surface area contributed by atoms with Crippen LogP contribution in [-0.2, 0) is 37.2 Å². The summed E-state index contributed by atoms with van der Waals surface area (Å²) in [5, 5.41) is 36.7. The Morgan fingerprint density at radius 2 is 0.647 bits per heavy atom. The van der Waals surface area contributed by atoms with E-state index in [1.165, 1.54) is 0 Å². The molecule has 0 radical (unpaired) electrons. The van der Waals surface area contributed by atoms with Crippen molar-refractivity contribution in [3.8, 4) is 23.0 Å². The molecule has 0 amide bonds. The van der Waals surface area contributed by atoms with Crippen molar-refractivity contribution in [1.82, 2.24) is 0 Å². The van der Waals surface area contributed by atoms with Crippen LogP contribution in [-0.4, -0.2) is 146 Å². The largest absolute Gasteiger partial charge is 0.498 e. The van der Waals surface area contributed by atoms with Gasteiger partial charge in [-0.25, -0.2) is 0 Å². The molecule has 68 heavy (non-hydrogen) atoms. The minimum absolute atomic E-state index is 0.0556. The molecule has 0 bridgehead atoms. The summed E-state index contributed by atoms with van der Waals surface area (Å²) in [7, 11) is -1.83. The number of aliphatic hydroxyl groups excluding tert-OH is 4. The lowest BCUT2D eigenvalue weighted by Crippen LogP contribution is -2.36. The zero-order valence-corrected chi connectivity index (χ0v) is 37.8. The van der Waals surface area contributed by atoms with Gasteiger partial charge in [0.1, 0.15) is 73.8 Å². The number of nitrogens with two attached hydrogens (primary N) is 3. The van der Waals surface area contributed by atoms with Gasteiger partial charge in [-0.05, 0) is 52.9 Å². The van der Waals surface area contributed by atoms with Gasteiger partial charge >= 0.3 is 28.5 Å². The fraction of sp³-hybridized carbons (Fsp3) is 0.467. The Morgan fingerprint density at radius 1 is 0.397 bits per heavy atom. The lowest BCUT2D eigenvalue weighted by Gasteiger charge is -2.16. The topological polar surface area (TPSA) is 270 Å². The highest BCUT2D eigenvalue weighted by atomic mass is 16.6.